The number of hydrogen-bond donors (Lipinski definition) is 2. The molecule has 0 spiro atoms. The van der Waals surface area contributed by atoms with E-state index in [1.165, 1.54) is 0 Å². The molecule has 0 aliphatic heterocycles. The summed E-state index contributed by atoms with van der Waals surface area (Å²) in [5.74, 6) is 0. The van der Waals surface area contributed by atoms with E-state index in [0.29, 0.717) is 5.69 Å². The summed E-state index contributed by atoms with van der Waals surface area (Å²) in [6, 6.07) is 3.51. The number of hydrogen-bond acceptors (Lipinski definition) is 3. The molecule has 3 nitrogen and oxygen atoms in total. The van der Waals surface area contributed by atoms with Crippen LogP contribution >= 0.6 is 0 Å². The fraction of sp³-hybridized carbons (Fsp3) is 0.286. The van der Waals surface area contributed by atoms with Crippen molar-refractivity contribution in [3.63, 3.8) is 0 Å². The van der Waals surface area contributed by atoms with E-state index in [1.54, 1.807) is 18.3 Å². The molecule has 0 amide bonds. The van der Waals surface area contributed by atoms with Gasteiger partial charge < -0.3 is 11.5 Å². The van der Waals surface area contributed by atoms with E-state index in [4.69, 9.17) is 11.5 Å². The maximum Gasteiger partial charge on any atom is 0.0796 e. The molecule has 0 aliphatic carbocycles. The van der Waals surface area contributed by atoms with Crippen LogP contribution < -0.4 is 11.5 Å². The second kappa shape index (κ2) is 2.66. The van der Waals surface area contributed by atoms with Gasteiger partial charge in [-0.15, -0.1) is 0 Å². The van der Waals surface area contributed by atoms with E-state index >= 15 is 0 Å². The molecule has 1 heterocycles. The zero-order valence-electron chi connectivity index (χ0n) is 5.91. The Labute approximate surface area is 60.1 Å². The Bertz CT molecular complexity index is 220. The summed E-state index contributed by atoms with van der Waals surface area (Å²) in [6.45, 7) is 1.86. The highest BCUT2D eigenvalue weighted by Crippen LogP contribution is 2.12. The number of anilines is 1. The zero-order valence-corrected chi connectivity index (χ0v) is 5.91. The average molecular weight is 137 g/mol. The van der Waals surface area contributed by atoms with Crippen LogP contribution in [0.25, 0.3) is 0 Å². The van der Waals surface area contributed by atoms with Crippen LogP contribution in [-0.2, 0) is 0 Å². The van der Waals surface area contributed by atoms with E-state index in [-0.39, 0.29) is 6.04 Å². The van der Waals surface area contributed by atoms with Gasteiger partial charge in [-0.1, -0.05) is 0 Å². The summed E-state index contributed by atoms with van der Waals surface area (Å²) >= 11 is 0. The SMILES string of the molecule is CC(N)c1ncccc1N. The lowest BCUT2D eigenvalue weighted by Crippen LogP contribution is -2.09. The Morgan fingerprint density at radius 3 is 2.70 bits per heavy atom. The van der Waals surface area contributed by atoms with Crippen molar-refractivity contribution in [3.8, 4) is 0 Å². The van der Waals surface area contributed by atoms with Crippen molar-refractivity contribution >= 4 is 5.69 Å². The molecule has 1 rings (SSSR count). The van der Waals surface area contributed by atoms with E-state index in [0.717, 1.165) is 5.69 Å². The average Bonchev–Trinajstić information content (AvgIpc) is 1.88. The van der Waals surface area contributed by atoms with E-state index in [2.05, 4.69) is 4.98 Å². The third kappa shape index (κ3) is 1.25. The molecule has 1 aromatic heterocycles. The summed E-state index contributed by atoms with van der Waals surface area (Å²) < 4.78 is 0. The van der Waals surface area contributed by atoms with Gasteiger partial charge in [0.25, 0.3) is 0 Å². The highest BCUT2D eigenvalue weighted by molar-refractivity contribution is 5.43. The smallest absolute Gasteiger partial charge is 0.0796 e. The van der Waals surface area contributed by atoms with Crippen LogP contribution in [0, 0.1) is 0 Å². The molecule has 1 atom stereocenters. The molecule has 10 heavy (non-hydrogen) atoms. The molecule has 0 saturated carbocycles. The van der Waals surface area contributed by atoms with Gasteiger partial charge in [0.05, 0.1) is 11.4 Å². The van der Waals surface area contributed by atoms with Crippen molar-refractivity contribution in [1.29, 1.82) is 0 Å². The van der Waals surface area contributed by atoms with Gasteiger partial charge in [-0.2, -0.15) is 0 Å². The lowest BCUT2D eigenvalue weighted by Gasteiger charge is -2.05. The summed E-state index contributed by atoms with van der Waals surface area (Å²) in [4.78, 5) is 4.03. The highest BCUT2D eigenvalue weighted by atomic mass is 14.8. The lowest BCUT2D eigenvalue weighted by molar-refractivity contribution is 0.785. The van der Waals surface area contributed by atoms with Gasteiger partial charge in [0.2, 0.25) is 0 Å². The first kappa shape index (κ1) is 7.02. The Morgan fingerprint density at radius 1 is 1.60 bits per heavy atom. The highest BCUT2D eigenvalue weighted by Gasteiger charge is 2.02. The largest absolute Gasteiger partial charge is 0.397 e. The number of rotatable bonds is 1. The van der Waals surface area contributed by atoms with Gasteiger partial charge in [0.1, 0.15) is 0 Å². The second-order valence-corrected chi connectivity index (χ2v) is 2.27. The molecule has 0 fully saturated rings. The first-order valence-electron chi connectivity index (χ1n) is 3.18. The Morgan fingerprint density at radius 2 is 2.30 bits per heavy atom. The fourth-order valence-electron chi connectivity index (χ4n) is 0.810. The molecule has 0 saturated heterocycles. The molecule has 0 bridgehead atoms. The minimum atomic E-state index is -0.0822. The molecule has 54 valence electrons. The first-order valence-corrected chi connectivity index (χ1v) is 3.18. The molecule has 0 aliphatic rings. The van der Waals surface area contributed by atoms with Crippen molar-refractivity contribution in [2.75, 3.05) is 5.73 Å². The van der Waals surface area contributed by atoms with E-state index in [1.807, 2.05) is 6.92 Å². The maximum atomic E-state index is 5.58. The van der Waals surface area contributed by atoms with Crippen molar-refractivity contribution in [2.24, 2.45) is 5.73 Å². The van der Waals surface area contributed by atoms with Crippen molar-refractivity contribution in [3.05, 3.63) is 24.0 Å². The van der Waals surface area contributed by atoms with Crippen LogP contribution in [0.3, 0.4) is 0 Å². The predicted octanol–water partition coefficient (Wildman–Crippen LogP) is 0.684. The third-order valence-electron chi connectivity index (χ3n) is 1.30. The van der Waals surface area contributed by atoms with Gasteiger partial charge in [-0.3, -0.25) is 4.98 Å². The van der Waals surface area contributed by atoms with Crippen molar-refractivity contribution in [2.45, 2.75) is 13.0 Å². The molecule has 0 aromatic carbocycles. The van der Waals surface area contributed by atoms with Crippen LogP contribution in [0.15, 0.2) is 18.3 Å². The molecule has 1 unspecified atom stereocenters. The Hall–Kier alpha value is -1.09. The standard InChI is InChI=1S/C7H11N3/c1-5(8)7-6(9)3-2-4-10-7/h2-5H,8-9H2,1H3. The quantitative estimate of drug-likeness (QED) is 0.598. The minimum Gasteiger partial charge on any atom is -0.397 e. The van der Waals surface area contributed by atoms with E-state index < -0.39 is 0 Å². The molecule has 1 aromatic rings. The monoisotopic (exact) mass is 137 g/mol. The fourth-order valence-corrected chi connectivity index (χ4v) is 0.810. The molecular weight excluding hydrogens is 126 g/mol. The Balaban J connectivity index is 3.03. The second-order valence-electron chi connectivity index (χ2n) is 2.27. The first-order chi connectivity index (χ1) is 4.72. The van der Waals surface area contributed by atoms with Crippen LogP contribution in [0.1, 0.15) is 18.7 Å². The zero-order chi connectivity index (χ0) is 7.56. The summed E-state index contributed by atoms with van der Waals surface area (Å²) in [6.07, 6.45) is 1.69. The van der Waals surface area contributed by atoms with Gasteiger partial charge in [-0.25, -0.2) is 0 Å². The Kier molecular flexibility index (Phi) is 1.87. The van der Waals surface area contributed by atoms with Crippen LogP contribution in [0.4, 0.5) is 5.69 Å². The maximum absolute atomic E-state index is 5.58. The number of nitrogen functional groups attached to an aromatic ring is 1. The van der Waals surface area contributed by atoms with Gasteiger partial charge in [0, 0.05) is 12.2 Å². The van der Waals surface area contributed by atoms with Crippen LogP contribution in [0.2, 0.25) is 0 Å². The van der Waals surface area contributed by atoms with Gasteiger partial charge in [0.15, 0.2) is 0 Å². The molecular formula is C7H11N3. The normalized spacial score (nSPS) is 13.0. The topological polar surface area (TPSA) is 64.9 Å². The number of pyridine rings is 1. The molecule has 4 N–H and O–H groups in total. The van der Waals surface area contributed by atoms with Gasteiger partial charge >= 0.3 is 0 Å². The van der Waals surface area contributed by atoms with Crippen LogP contribution in [-0.4, -0.2) is 4.98 Å². The van der Waals surface area contributed by atoms with Gasteiger partial charge in [-0.05, 0) is 19.1 Å². The predicted molar refractivity (Wildman–Crippen MR) is 41.3 cm³/mol. The third-order valence-corrected chi connectivity index (χ3v) is 1.30. The minimum absolute atomic E-state index is 0.0822. The van der Waals surface area contributed by atoms with Crippen molar-refractivity contribution < 1.29 is 0 Å². The number of aromatic nitrogens is 1. The molecule has 3 heteroatoms. The lowest BCUT2D eigenvalue weighted by atomic mass is 10.2. The van der Waals surface area contributed by atoms with Crippen molar-refractivity contribution in [1.82, 2.24) is 4.98 Å². The molecule has 0 radical (unpaired) electrons. The summed E-state index contributed by atoms with van der Waals surface area (Å²) in [7, 11) is 0. The summed E-state index contributed by atoms with van der Waals surface area (Å²) in [5.41, 5.74) is 12.6. The number of nitrogens with two attached hydrogens (primary N) is 2. The van der Waals surface area contributed by atoms with E-state index in [9.17, 15) is 0 Å². The summed E-state index contributed by atoms with van der Waals surface area (Å²) in [5, 5.41) is 0. The van der Waals surface area contributed by atoms with Crippen LogP contribution in [0.5, 0.6) is 0 Å². The number of nitrogens with zero attached hydrogens (tertiary/aromatic N) is 1.